The van der Waals surface area contributed by atoms with Gasteiger partial charge in [-0.15, -0.1) is 0 Å². The molecule has 0 bridgehead atoms. The van der Waals surface area contributed by atoms with Crippen LogP contribution < -0.4 is 0 Å². The predicted octanol–water partition coefficient (Wildman–Crippen LogP) is 1.25. The molecule has 4 heteroatoms. The Hall–Kier alpha value is -0.450. The molecule has 0 fully saturated rings. The summed E-state index contributed by atoms with van der Waals surface area (Å²) in [4.78, 5) is 11.0. The van der Waals surface area contributed by atoms with Crippen molar-refractivity contribution in [2.45, 2.75) is 33.1 Å². The maximum absolute atomic E-state index is 11.0. The summed E-state index contributed by atoms with van der Waals surface area (Å²) < 4.78 is 5.06. The standard InChI is InChI=1S/C13H26O4/c1-10(9-17-3)4-12(7-14)6-13(8-15)5-11(2)16/h10,12-15H,4-9H2,1-3H3. The SMILES string of the molecule is COCC(C)CC(CO)CC(CO)CC(C)=O. The fraction of sp³-hybridized carbons (Fsp3) is 0.923. The molecule has 2 N–H and O–H groups in total. The van der Waals surface area contributed by atoms with Crippen LogP contribution in [0.5, 0.6) is 0 Å². The Kier molecular flexibility index (Phi) is 9.31. The van der Waals surface area contributed by atoms with Gasteiger partial charge in [0.15, 0.2) is 0 Å². The van der Waals surface area contributed by atoms with E-state index in [-0.39, 0.29) is 30.8 Å². The van der Waals surface area contributed by atoms with E-state index in [4.69, 9.17) is 4.74 Å². The average Bonchev–Trinajstić information content (AvgIpc) is 2.26. The first-order valence-electron chi connectivity index (χ1n) is 6.23. The minimum atomic E-state index is -0.0283. The Morgan fingerprint density at radius 2 is 1.76 bits per heavy atom. The van der Waals surface area contributed by atoms with Crippen LogP contribution in [0.4, 0.5) is 0 Å². The monoisotopic (exact) mass is 246 g/mol. The number of carbonyl (C=O) groups excluding carboxylic acids is 1. The lowest BCUT2D eigenvalue weighted by Crippen LogP contribution is -2.20. The molecule has 0 amide bonds. The van der Waals surface area contributed by atoms with Crippen LogP contribution in [0.1, 0.15) is 33.1 Å². The highest BCUT2D eigenvalue weighted by atomic mass is 16.5. The molecule has 0 rings (SSSR count). The predicted molar refractivity (Wildman–Crippen MR) is 66.7 cm³/mol. The highest BCUT2D eigenvalue weighted by Crippen LogP contribution is 2.22. The van der Waals surface area contributed by atoms with Gasteiger partial charge in [-0.2, -0.15) is 0 Å². The molecule has 0 radical (unpaired) electrons. The summed E-state index contributed by atoms with van der Waals surface area (Å²) in [5.41, 5.74) is 0. The van der Waals surface area contributed by atoms with Crippen LogP contribution in [-0.4, -0.2) is 42.9 Å². The van der Waals surface area contributed by atoms with Crippen LogP contribution >= 0.6 is 0 Å². The first-order valence-corrected chi connectivity index (χ1v) is 6.23. The zero-order valence-electron chi connectivity index (χ0n) is 11.2. The zero-order chi connectivity index (χ0) is 13.3. The van der Waals surface area contributed by atoms with E-state index in [0.717, 1.165) is 6.42 Å². The molecule has 102 valence electrons. The van der Waals surface area contributed by atoms with Gasteiger partial charge in [-0.05, 0) is 37.5 Å². The van der Waals surface area contributed by atoms with Crippen molar-refractivity contribution in [2.24, 2.45) is 17.8 Å². The Morgan fingerprint density at radius 1 is 1.18 bits per heavy atom. The smallest absolute Gasteiger partial charge is 0.130 e. The quantitative estimate of drug-likeness (QED) is 0.609. The molecule has 4 nitrogen and oxygen atoms in total. The van der Waals surface area contributed by atoms with Gasteiger partial charge in [-0.1, -0.05) is 6.92 Å². The topological polar surface area (TPSA) is 66.8 Å². The van der Waals surface area contributed by atoms with E-state index in [1.54, 1.807) is 7.11 Å². The maximum atomic E-state index is 11.0. The van der Waals surface area contributed by atoms with E-state index < -0.39 is 0 Å². The molecule has 0 aromatic carbocycles. The molecule has 0 aromatic heterocycles. The molecule has 0 aliphatic rings. The summed E-state index contributed by atoms with van der Waals surface area (Å²) in [5, 5.41) is 18.5. The van der Waals surface area contributed by atoms with Crippen LogP contribution in [0.15, 0.2) is 0 Å². The summed E-state index contributed by atoms with van der Waals surface area (Å²) in [6.45, 7) is 4.39. The zero-order valence-corrected chi connectivity index (χ0v) is 11.2. The number of ketones is 1. The first-order chi connectivity index (χ1) is 8.03. The third-order valence-electron chi connectivity index (χ3n) is 2.95. The van der Waals surface area contributed by atoms with Crippen molar-refractivity contribution in [1.82, 2.24) is 0 Å². The summed E-state index contributed by atoms with van der Waals surface area (Å²) in [6, 6.07) is 0. The highest BCUT2D eigenvalue weighted by molar-refractivity contribution is 5.75. The molecule has 0 spiro atoms. The van der Waals surface area contributed by atoms with Gasteiger partial charge in [0.1, 0.15) is 5.78 Å². The van der Waals surface area contributed by atoms with Crippen molar-refractivity contribution in [1.29, 1.82) is 0 Å². The van der Waals surface area contributed by atoms with Gasteiger partial charge < -0.3 is 19.7 Å². The normalized spacial score (nSPS) is 16.5. The van der Waals surface area contributed by atoms with E-state index in [9.17, 15) is 15.0 Å². The van der Waals surface area contributed by atoms with Gasteiger partial charge >= 0.3 is 0 Å². The van der Waals surface area contributed by atoms with Crippen molar-refractivity contribution in [3.8, 4) is 0 Å². The third kappa shape index (κ3) is 8.30. The van der Waals surface area contributed by atoms with Gasteiger partial charge in [0.2, 0.25) is 0 Å². The summed E-state index contributed by atoms with van der Waals surface area (Å²) in [6.07, 6.45) is 1.95. The lowest BCUT2D eigenvalue weighted by Gasteiger charge is -2.22. The molecular formula is C13H26O4. The van der Waals surface area contributed by atoms with Crippen molar-refractivity contribution < 1.29 is 19.7 Å². The van der Waals surface area contributed by atoms with E-state index in [2.05, 4.69) is 6.92 Å². The fourth-order valence-electron chi connectivity index (χ4n) is 2.27. The largest absolute Gasteiger partial charge is 0.396 e. The maximum Gasteiger partial charge on any atom is 0.130 e. The highest BCUT2D eigenvalue weighted by Gasteiger charge is 2.19. The molecule has 0 aliphatic heterocycles. The summed E-state index contributed by atoms with van der Waals surface area (Å²) in [5.74, 6) is 0.579. The third-order valence-corrected chi connectivity index (χ3v) is 2.95. The van der Waals surface area contributed by atoms with Crippen molar-refractivity contribution in [3.63, 3.8) is 0 Å². The van der Waals surface area contributed by atoms with Crippen LogP contribution in [0.25, 0.3) is 0 Å². The minimum absolute atomic E-state index is 0.00867. The Balaban J connectivity index is 4.11. The number of aliphatic hydroxyl groups excluding tert-OH is 2. The Labute approximate surface area is 104 Å². The second-order valence-corrected chi connectivity index (χ2v) is 5.04. The van der Waals surface area contributed by atoms with E-state index in [0.29, 0.717) is 25.4 Å². The van der Waals surface area contributed by atoms with Crippen LogP contribution in [-0.2, 0) is 9.53 Å². The minimum Gasteiger partial charge on any atom is -0.396 e. The van der Waals surface area contributed by atoms with Gasteiger partial charge in [0.25, 0.3) is 0 Å². The van der Waals surface area contributed by atoms with Gasteiger partial charge in [-0.3, -0.25) is 0 Å². The molecule has 17 heavy (non-hydrogen) atoms. The van der Waals surface area contributed by atoms with Crippen LogP contribution in [0.3, 0.4) is 0 Å². The number of ether oxygens (including phenoxy) is 1. The molecule has 0 saturated carbocycles. The first kappa shape index (κ1) is 16.6. The molecule has 0 aliphatic carbocycles. The Morgan fingerprint density at radius 3 is 2.18 bits per heavy atom. The number of hydrogen-bond acceptors (Lipinski definition) is 4. The number of Topliss-reactive ketones (excluding diaryl/α,β-unsaturated/α-hetero) is 1. The lowest BCUT2D eigenvalue weighted by atomic mass is 9.86. The number of rotatable bonds is 10. The molecular weight excluding hydrogens is 220 g/mol. The number of aliphatic hydroxyl groups is 2. The second-order valence-electron chi connectivity index (χ2n) is 5.04. The summed E-state index contributed by atoms with van der Waals surface area (Å²) >= 11 is 0. The van der Waals surface area contributed by atoms with Gasteiger partial charge in [0.05, 0.1) is 0 Å². The number of hydrogen-bond donors (Lipinski definition) is 2. The molecule has 3 atom stereocenters. The van der Waals surface area contributed by atoms with Crippen molar-refractivity contribution >= 4 is 5.78 Å². The molecule has 3 unspecified atom stereocenters. The van der Waals surface area contributed by atoms with Crippen molar-refractivity contribution in [2.75, 3.05) is 26.9 Å². The van der Waals surface area contributed by atoms with Crippen LogP contribution in [0, 0.1) is 17.8 Å². The number of methoxy groups -OCH3 is 1. The molecule has 0 aromatic rings. The van der Waals surface area contributed by atoms with E-state index >= 15 is 0 Å². The summed E-state index contributed by atoms with van der Waals surface area (Å²) in [7, 11) is 1.66. The second kappa shape index (κ2) is 9.57. The molecule has 0 heterocycles. The number of carbonyl (C=O) groups is 1. The Bertz CT molecular complexity index is 206. The average molecular weight is 246 g/mol. The van der Waals surface area contributed by atoms with Gasteiger partial charge in [0, 0.05) is 33.4 Å². The van der Waals surface area contributed by atoms with E-state index in [1.165, 1.54) is 6.92 Å². The fourth-order valence-corrected chi connectivity index (χ4v) is 2.27. The van der Waals surface area contributed by atoms with Crippen LogP contribution in [0.2, 0.25) is 0 Å². The molecule has 0 saturated heterocycles. The lowest BCUT2D eigenvalue weighted by molar-refractivity contribution is -0.118. The van der Waals surface area contributed by atoms with E-state index in [1.807, 2.05) is 0 Å². The van der Waals surface area contributed by atoms with Gasteiger partial charge in [-0.25, -0.2) is 0 Å². The van der Waals surface area contributed by atoms with Crippen molar-refractivity contribution in [3.05, 3.63) is 0 Å².